The average Bonchev–Trinajstić information content (AvgIpc) is 3.23. The Morgan fingerprint density at radius 2 is 2.00 bits per heavy atom. The van der Waals surface area contributed by atoms with E-state index in [2.05, 4.69) is 14.8 Å². The van der Waals surface area contributed by atoms with E-state index in [9.17, 15) is 0 Å². The minimum absolute atomic E-state index is 0.448. The maximum Gasteiger partial charge on any atom is 0.129 e. The summed E-state index contributed by atoms with van der Waals surface area (Å²) in [4.78, 5) is 10.0. The van der Waals surface area contributed by atoms with Crippen LogP contribution >= 0.6 is 12.2 Å². The van der Waals surface area contributed by atoms with Gasteiger partial charge in [-0.1, -0.05) is 12.2 Å². The second-order valence-corrected chi connectivity index (χ2v) is 6.39. The minimum Gasteiger partial charge on any atom is -0.389 e. The van der Waals surface area contributed by atoms with Crippen LogP contribution in [0.15, 0.2) is 12.1 Å². The van der Waals surface area contributed by atoms with E-state index in [0.29, 0.717) is 4.99 Å². The Morgan fingerprint density at radius 1 is 1.30 bits per heavy atom. The van der Waals surface area contributed by atoms with Crippen molar-refractivity contribution in [3.05, 3.63) is 23.4 Å². The predicted octanol–water partition coefficient (Wildman–Crippen LogP) is 1.56. The summed E-state index contributed by atoms with van der Waals surface area (Å²) >= 11 is 5.08. The molecule has 3 rings (SSSR count). The highest BCUT2D eigenvalue weighted by atomic mass is 32.1. The van der Waals surface area contributed by atoms with Crippen molar-refractivity contribution in [1.82, 2.24) is 9.88 Å². The summed E-state index contributed by atoms with van der Waals surface area (Å²) in [5, 5.41) is 0. The highest BCUT2D eigenvalue weighted by molar-refractivity contribution is 7.80. The maximum atomic E-state index is 5.74. The average molecular weight is 290 g/mol. The first-order valence-corrected chi connectivity index (χ1v) is 7.78. The monoisotopic (exact) mass is 290 g/mol. The zero-order chi connectivity index (χ0) is 14.1. The highest BCUT2D eigenvalue weighted by Crippen LogP contribution is 2.30. The molecule has 0 amide bonds. The minimum atomic E-state index is 0.448. The lowest BCUT2D eigenvalue weighted by Gasteiger charge is -2.35. The van der Waals surface area contributed by atoms with Crippen LogP contribution in [0.25, 0.3) is 0 Å². The van der Waals surface area contributed by atoms with Gasteiger partial charge in [0, 0.05) is 44.0 Å². The van der Waals surface area contributed by atoms with Gasteiger partial charge in [-0.15, -0.1) is 0 Å². The molecule has 1 saturated heterocycles. The summed E-state index contributed by atoms with van der Waals surface area (Å²) in [7, 11) is 0. The van der Waals surface area contributed by atoms with E-state index < -0.39 is 0 Å². The van der Waals surface area contributed by atoms with Crippen LogP contribution in [0.4, 0.5) is 5.82 Å². The standard InChI is InChI=1S/C15H22N4S/c1-11-8-13(15(16)20)9-14(17-11)19-6-4-18(5-7-19)10-12-2-3-12/h8-9,12H,2-7,10H2,1H3,(H2,16,20). The number of thiocarbonyl (C=S) groups is 1. The molecule has 20 heavy (non-hydrogen) atoms. The molecule has 1 aliphatic carbocycles. The van der Waals surface area contributed by atoms with Gasteiger partial charge in [0.15, 0.2) is 0 Å². The number of nitrogens with zero attached hydrogens (tertiary/aromatic N) is 3. The fourth-order valence-corrected chi connectivity index (χ4v) is 2.90. The third-order valence-electron chi connectivity index (χ3n) is 4.13. The lowest BCUT2D eigenvalue weighted by molar-refractivity contribution is 0.247. The Labute approximate surface area is 126 Å². The predicted molar refractivity (Wildman–Crippen MR) is 86.2 cm³/mol. The first-order valence-electron chi connectivity index (χ1n) is 7.37. The van der Waals surface area contributed by atoms with Gasteiger partial charge >= 0.3 is 0 Å². The lowest BCUT2D eigenvalue weighted by Crippen LogP contribution is -2.47. The molecule has 0 atom stereocenters. The Bertz CT molecular complexity index is 505. The molecule has 2 aliphatic rings. The molecule has 0 spiro atoms. The second-order valence-electron chi connectivity index (χ2n) is 5.95. The fraction of sp³-hybridized carbons (Fsp3) is 0.600. The molecule has 5 heteroatoms. The van der Waals surface area contributed by atoms with Crippen LogP contribution in [-0.4, -0.2) is 47.6 Å². The van der Waals surface area contributed by atoms with Crippen molar-refractivity contribution in [2.45, 2.75) is 19.8 Å². The van der Waals surface area contributed by atoms with E-state index in [-0.39, 0.29) is 0 Å². The van der Waals surface area contributed by atoms with Crippen LogP contribution in [0.5, 0.6) is 0 Å². The van der Waals surface area contributed by atoms with Crippen molar-refractivity contribution in [3.8, 4) is 0 Å². The van der Waals surface area contributed by atoms with Crippen molar-refractivity contribution in [3.63, 3.8) is 0 Å². The second kappa shape index (κ2) is 5.66. The van der Waals surface area contributed by atoms with E-state index in [1.165, 1.54) is 19.4 Å². The molecular formula is C15H22N4S. The van der Waals surface area contributed by atoms with Gasteiger partial charge in [-0.25, -0.2) is 4.98 Å². The third-order valence-corrected chi connectivity index (χ3v) is 4.37. The first-order chi connectivity index (χ1) is 9.61. The largest absolute Gasteiger partial charge is 0.389 e. The molecular weight excluding hydrogens is 268 g/mol. The number of aromatic nitrogens is 1. The zero-order valence-corrected chi connectivity index (χ0v) is 12.8. The van der Waals surface area contributed by atoms with Crippen molar-refractivity contribution in [1.29, 1.82) is 0 Å². The molecule has 2 fully saturated rings. The van der Waals surface area contributed by atoms with E-state index >= 15 is 0 Å². The molecule has 1 aromatic rings. The van der Waals surface area contributed by atoms with E-state index in [1.807, 2.05) is 19.1 Å². The van der Waals surface area contributed by atoms with E-state index in [4.69, 9.17) is 18.0 Å². The van der Waals surface area contributed by atoms with Crippen molar-refractivity contribution >= 4 is 23.0 Å². The van der Waals surface area contributed by atoms with Crippen LogP contribution in [0, 0.1) is 12.8 Å². The van der Waals surface area contributed by atoms with Crippen LogP contribution in [0.2, 0.25) is 0 Å². The third kappa shape index (κ3) is 3.27. The van der Waals surface area contributed by atoms with Gasteiger partial charge in [0.1, 0.15) is 10.8 Å². The number of nitrogens with two attached hydrogens (primary N) is 1. The summed E-state index contributed by atoms with van der Waals surface area (Å²) in [6, 6.07) is 3.97. The summed E-state index contributed by atoms with van der Waals surface area (Å²) in [5.41, 5.74) is 7.64. The molecule has 0 radical (unpaired) electrons. The summed E-state index contributed by atoms with van der Waals surface area (Å²) in [5.74, 6) is 1.98. The molecule has 108 valence electrons. The zero-order valence-electron chi connectivity index (χ0n) is 12.0. The highest BCUT2D eigenvalue weighted by Gasteiger charge is 2.26. The van der Waals surface area contributed by atoms with E-state index in [0.717, 1.165) is 49.2 Å². The van der Waals surface area contributed by atoms with Crippen molar-refractivity contribution in [2.24, 2.45) is 11.7 Å². The number of hydrogen-bond acceptors (Lipinski definition) is 4. The summed E-state index contributed by atoms with van der Waals surface area (Å²) in [6.45, 7) is 7.63. The van der Waals surface area contributed by atoms with Gasteiger partial charge in [-0.3, -0.25) is 4.90 Å². The van der Waals surface area contributed by atoms with Gasteiger partial charge in [0.2, 0.25) is 0 Å². The first kappa shape index (κ1) is 13.8. The van der Waals surface area contributed by atoms with Crippen molar-refractivity contribution < 1.29 is 0 Å². The number of pyridine rings is 1. The van der Waals surface area contributed by atoms with Gasteiger partial charge < -0.3 is 10.6 Å². The van der Waals surface area contributed by atoms with Crippen LogP contribution in [0.3, 0.4) is 0 Å². The topological polar surface area (TPSA) is 45.4 Å². The Morgan fingerprint density at radius 3 is 2.60 bits per heavy atom. The molecule has 0 unspecified atom stereocenters. The molecule has 0 aromatic carbocycles. The van der Waals surface area contributed by atoms with Gasteiger partial charge in [-0.2, -0.15) is 0 Å². The number of hydrogen-bond donors (Lipinski definition) is 1. The van der Waals surface area contributed by atoms with Crippen LogP contribution < -0.4 is 10.6 Å². The fourth-order valence-electron chi connectivity index (χ4n) is 2.78. The molecule has 1 aromatic heterocycles. The molecule has 1 saturated carbocycles. The number of anilines is 1. The van der Waals surface area contributed by atoms with Crippen molar-refractivity contribution in [2.75, 3.05) is 37.6 Å². The van der Waals surface area contributed by atoms with Gasteiger partial charge in [0.05, 0.1) is 0 Å². The number of aryl methyl sites for hydroxylation is 1. The van der Waals surface area contributed by atoms with Gasteiger partial charge in [0.25, 0.3) is 0 Å². The summed E-state index contributed by atoms with van der Waals surface area (Å²) < 4.78 is 0. The normalized spacial score (nSPS) is 20.1. The molecule has 0 bridgehead atoms. The summed E-state index contributed by atoms with van der Waals surface area (Å²) in [6.07, 6.45) is 2.86. The molecule has 4 nitrogen and oxygen atoms in total. The molecule has 1 aliphatic heterocycles. The molecule has 2 N–H and O–H groups in total. The van der Waals surface area contributed by atoms with E-state index in [1.54, 1.807) is 0 Å². The Hall–Kier alpha value is -1.20. The quantitative estimate of drug-likeness (QED) is 0.853. The Balaban J connectivity index is 1.66. The maximum absolute atomic E-state index is 5.74. The molecule has 2 heterocycles. The SMILES string of the molecule is Cc1cc(C(N)=S)cc(N2CCN(CC3CC3)CC2)n1. The van der Waals surface area contributed by atoms with Crippen LogP contribution in [0.1, 0.15) is 24.1 Å². The Kier molecular flexibility index (Phi) is 3.89. The lowest BCUT2D eigenvalue weighted by atomic mass is 10.2. The number of piperazine rings is 1. The van der Waals surface area contributed by atoms with Crippen LogP contribution in [-0.2, 0) is 0 Å². The smallest absolute Gasteiger partial charge is 0.129 e. The van der Waals surface area contributed by atoms with Gasteiger partial charge in [-0.05, 0) is 37.8 Å². The number of rotatable bonds is 4.